The van der Waals surface area contributed by atoms with Crippen LogP contribution >= 0.6 is 0 Å². The first-order chi connectivity index (χ1) is 21.1. The third-order valence-electron chi connectivity index (χ3n) is 8.11. The second-order valence-corrected chi connectivity index (χ2v) is 13.2. The minimum atomic E-state index is 0. The second kappa shape index (κ2) is 17.3. The zero-order valence-electron chi connectivity index (χ0n) is 26.6. The molecule has 226 valence electrons. The van der Waals surface area contributed by atoms with Crippen molar-refractivity contribution in [3.63, 3.8) is 0 Å². The SMILES string of the molecule is Cc1[cH-]c2ccccc2c1-c1cccc2ccccc12.Cc1[cH-]c2ccccc2c1-c1cccc2ccccc12.[CH3][Ge][CH3].[Cl-].[Cl-].[Zr+4]. The molecule has 0 saturated heterocycles. The Morgan fingerprint density at radius 1 is 0.413 bits per heavy atom. The van der Waals surface area contributed by atoms with E-state index in [-0.39, 0.29) is 51.0 Å². The predicted molar refractivity (Wildman–Crippen MR) is 192 cm³/mol. The Kier molecular flexibility index (Phi) is 14.1. The summed E-state index contributed by atoms with van der Waals surface area (Å²) in [4.78, 5) is 0. The number of aryl methyl sites for hydroxylation is 2. The summed E-state index contributed by atoms with van der Waals surface area (Å²) in [5.41, 5.74) is 8.11. The molecule has 4 heteroatoms. The van der Waals surface area contributed by atoms with Gasteiger partial charge in [0.2, 0.25) is 0 Å². The number of fused-ring (bicyclic) bond motifs is 4. The zero-order chi connectivity index (χ0) is 29.8. The van der Waals surface area contributed by atoms with Crippen molar-refractivity contribution < 1.29 is 51.0 Å². The van der Waals surface area contributed by atoms with Gasteiger partial charge < -0.3 is 24.8 Å². The first-order valence-electron chi connectivity index (χ1n) is 15.0. The zero-order valence-corrected chi connectivity index (χ0v) is 32.7. The van der Waals surface area contributed by atoms with E-state index < -0.39 is 0 Å². The van der Waals surface area contributed by atoms with Crippen LogP contribution in [0.3, 0.4) is 0 Å². The van der Waals surface area contributed by atoms with Crippen LogP contribution in [0.25, 0.3) is 65.3 Å². The maximum Gasteiger partial charge on any atom is 4.00 e. The Bertz CT molecular complexity index is 2010. The van der Waals surface area contributed by atoms with Crippen LogP contribution in [0.4, 0.5) is 0 Å². The molecule has 0 N–H and O–H groups in total. The molecule has 8 aromatic carbocycles. The third-order valence-corrected chi connectivity index (χ3v) is 8.11. The van der Waals surface area contributed by atoms with Crippen molar-refractivity contribution in [2.24, 2.45) is 0 Å². The molecule has 0 aliphatic carbocycles. The Balaban J connectivity index is 0.000000218. The smallest absolute Gasteiger partial charge is 1.00 e. The molecule has 0 heterocycles. The van der Waals surface area contributed by atoms with Gasteiger partial charge in [0.25, 0.3) is 0 Å². The summed E-state index contributed by atoms with van der Waals surface area (Å²) in [6, 6.07) is 52.2. The molecule has 0 amide bonds. The molecule has 0 spiro atoms. The summed E-state index contributed by atoms with van der Waals surface area (Å²) in [5.74, 6) is 4.50. The molecule has 2 radical (unpaired) electrons. The molecule has 0 unspecified atom stereocenters. The van der Waals surface area contributed by atoms with E-state index in [2.05, 4.69) is 171 Å². The quantitative estimate of drug-likeness (QED) is 0.146. The molecule has 0 nitrogen and oxygen atoms in total. The van der Waals surface area contributed by atoms with Gasteiger partial charge >= 0.3 is 53.1 Å². The summed E-state index contributed by atoms with van der Waals surface area (Å²) in [6.45, 7) is 4.41. The summed E-state index contributed by atoms with van der Waals surface area (Å²) in [7, 11) is 0. The molecule has 46 heavy (non-hydrogen) atoms. The molecule has 8 rings (SSSR count). The molecule has 0 bridgehead atoms. The van der Waals surface area contributed by atoms with Gasteiger partial charge in [-0.15, -0.1) is 92.3 Å². The van der Waals surface area contributed by atoms with E-state index in [1.54, 1.807) is 0 Å². The molecule has 0 aliphatic rings. The summed E-state index contributed by atoms with van der Waals surface area (Å²) in [5, 5.41) is 10.6. The van der Waals surface area contributed by atoms with E-state index in [4.69, 9.17) is 0 Å². The standard InChI is InChI=1S/2C20H15.C2H6Ge.2ClH.Zr/c2*1-14-13-16-8-3-5-11-18(16)20(14)19-12-6-9-15-7-2-4-10-17(15)19;1-3-2;;;/h2*2-13H,1H3;1-2H3;2*1H;/q2*-1;;;;+4/p-2. The van der Waals surface area contributed by atoms with E-state index in [1.807, 2.05) is 0 Å². The molecule has 0 aliphatic heterocycles. The summed E-state index contributed by atoms with van der Waals surface area (Å²) >= 11 is 0.500. The van der Waals surface area contributed by atoms with Crippen molar-refractivity contribution in [3.8, 4) is 22.3 Å². The van der Waals surface area contributed by atoms with Gasteiger partial charge in [-0.25, -0.2) is 0 Å². The Hall–Kier alpha value is -2.93. The molecule has 0 atom stereocenters. The Morgan fingerprint density at radius 3 is 1.11 bits per heavy atom. The topological polar surface area (TPSA) is 0 Å². The second-order valence-electron chi connectivity index (χ2n) is 11.1. The van der Waals surface area contributed by atoms with E-state index in [1.165, 1.54) is 76.5 Å². The Morgan fingerprint density at radius 2 is 0.717 bits per heavy atom. The van der Waals surface area contributed by atoms with Crippen molar-refractivity contribution in [2.75, 3.05) is 0 Å². The van der Waals surface area contributed by atoms with Gasteiger partial charge in [-0.1, -0.05) is 122 Å². The van der Waals surface area contributed by atoms with Gasteiger partial charge in [0.15, 0.2) is 0 Å². The van der Waals surface area contributed by atoms with Crippen molar-refractivity contribution in [1.82, 2.24) is 0 Å². The molecule has 0 aromatic heterocycles. The average Bonchev–Trinajstić information content (AvgIpc) is 3.56. The van der Waals surface area contributed by atoms with Crippen LogP contribution in [-0.2, 0) is 26.2 Å². The van der Waals surface area contributed by atoms with Crippen molar-refractivity contribution >= 4 is 58.5 Å². The minimum Gasteiger partial charge on any atom is -1.00 e. The van der Waals surface area contributed by atoms with E-state index in [0.717, 1.165) is 0 Å². The predicted octanol–water partition coefficient (Wildman–Crippen LogP) is 6.17. The van der Waals surface area contributed by atoms with Gasteiger partial charge in [0.1, 0.15) is 0 Å². The van der Waals surface area contributed by atoms with E-state index in [9.17, 15) is 0 Å². The first-order valence-corrected chi connectivity index (χ1v) is 19.1. The molecular weight excluding hydrogens is 739 g/mol. The largest absolute Gasteiger partial charge is 4.00 e. The fraction of sp³-hybridized carbons (Fsp3) is 0.0952. The fourth-order valence-corrected chi connectivity index (χ4v) is 6.34. The number of rotatable bonds is 2. The maximum atomic E-state index is 2.28. The van der Waals surface area contributed by atoms with Crippen LogP contribution in [0, 0.1) is 13.8 Å². The summed E-state index contributed by atoms with van der Waals surface area (Å²) in [6.07, 6.45) is 0. The molecule has 0 saturated carbocycles. The normalized spacial score (nSPS) is 10.2. The number of hydrogen-bond acceptors (Lipinski definition) is 0. The number of halogens is 2. The van der Waals surface area contributed by atoms with Gasteiger partial charge in [-0.3, -0.25) is 0 Å². The number of benzene rings is 6. The minimum absolute atomic E-state index is 0. The fourth-order valence-electron chi connectivity index (χ4n) is 6.34. The molecular formula is C42H36Cl2GeZr. The Labute approximate surface area is 311 Å². The van der Waals surface area contributed by atoms with Crippen molar-refractivity contribution in [1.29, 1.82) is 0 Å². The van der Waals surface area contributed by atoms with Gasteiger partial charge in [0, 0.05) is 0 Å². The number of hydrogen-bond donors (Lipinski definition) is 0. The van der Waals surface area contributed by atoms with Crippen LogP contribution in [0.15, 0.2) is 146 Å². The van der Waals surface area contributed by atoms with E-state index in [0.29, 0.717) is 15.4 Å². The monoisotopic (exact) mass is 774 g/mol. The first kappa shape index (κ1) is 37.5. The molecule has 8 aromatic rings. The van der Waals surface area contributed by atoms with Crippen LogP contribution < -0.4 is 24.8 Å². The van der Waals surface area contributed by atoms with E-state index >= 15 is 0 Å². The maximum absolute atomic E-state index is 2.28. The molecule has 0 fully saturated rings. The summed E-state index contributed by atoms with van der Waals surface area (Å²) < 4.78 is 0. The average molecular weight is 775 g/mol. The van der Waals surface area contributed by atoms with Crippen LogP contribution in [0.2, 0.25) is 11.5 Å². The van der Waals surface area contributed by atoms with Crippen molar-refractivity contribution in [3.05, 3.63) is 157 Å². The third kappa shape index (κ3) is 7.61. The van der Waals surface area contributed by atoms with Crippen molar-refractivity contribution in [2.45, 2.75) is 25.4 Å². The van der Waals surface area contributed by atoms with Gasteiger partial charge in [-0.2, -0.15) is 0 Å². The van der Waals surface area contributed by atoms with Crippen LogP contribution in [0.5, 0.6) is 0 Å². The van der Waals surface area contributed by atoms with Crippen LogP contribution in [0.1, 0.15) is 11.1 Å². The van der Waals surface area contributed by atoms with Gasteiger partial charge in [-0.05, 0) is 21.5 Å². The van der Waals surface area contributed by atoms with Gasteiger partial charge in [0.05, 0.1) is 0 Å². The van der Waals surface area contributed by atoms with Crippen LogP contribution in [-0.4, -0.2) is 15.4 Å².